The standard InChI is InChI=1S/C14H25N3S/c1-12(18-2)8-10-17-11-9-15-14(17)16-13-6-4-3-5-7-13/h9,11-13H,3-8,10H2,1-2H3,(H,15,16). The summed E-state index contributed by atoms with van der Waals surface area (Å²) in [5.41, 5.74) is 0. The Labute approximate surface area is 115 Å². The topological polar surface area (TPSA) is 29.9 Å². The third-order valence-electron chi connectivity index (χ3n) is 3.83. The molecule has 1 saturated carbocycles. The van der Waals surface area contributed by atoms with E-state index in [0.29, 0.717) is 6.04 Å². The van der Waals surface area contributed by atoms with E-state index in [1.165, 1.54) is 38.5 Å². The summed E-state index contributed by atoms with van der Waals surface area (Å²) in [7, 11) is 0. The van der Waals surface area contributed by atoms with Crippen molar-refractivity contribution in [1.82, 2.24) is 9.55 Å². The van der Waals surface area contributed by atoms with E-state index in [1.807, 2.05) is 18.0 Å². The highest BCUT2D eigenvalue weighted by Crippen LogP contribution is 2.21. The van der Waals surface area contributed by atoms with Gasteiger partial charge in [0, 0.05) is 30.2 Å². The van der Waals surface area contributed by atoms with E-state index in [9.17, 15) is 0 Å². The van der Waals surface area contributed by atoms with Crippen LogP contribution in [0.2, 0.25) is 0 Å². The maximum absolute atomic E-state index is 4.46. The van der Waals surface area contributed by atoms with Crippen LogP contribution < -0.4 is 5.32 Å². The molecule has 0 aromatic carbocycles. The van der Waals surface area contributed by atoms with Gasteiger partial charge in [-0.15, -0.1) is 0 Å². The molecular formula is C14H25N3S. The van der Waals surface area contributed by atoms with Crippen LogP contribution in [-0.2, 0) is 6.54 Å². The largest absolute Gasteiger partial charge is 0.353 e. The van der Waals surface area contributed by atoms with Crippen LogP contribution >= 0.6 is 11.8 Å². The third-order valence-corrected chi connectivity index (χ3v) is 4.87. The van der Waals surface area contributed by atoms with Crippen LogP contribution in [0.3, 0.4) is 0 Å². The molecule has 18 heavy (non-hydrogen) atoms. The minimum atomic E-state index is 0.637. The Hall–Kier alpha value is -0.640. The van der Waals surface area contributed by atoms with Crippen molar-refractivity contribution in [3.63, 3.8) is 0 Å². The van der Waals surface area contributed by atoms with Gasteiger partial charge in [-0.2, -0.15) is 11.8 Å². The van der Waals surface area contributed by atoms with Gasteiger partial charge in [-0.3, -0.25) is 0 Å². The monoisotopic (exact) mass is 267 g/mol. The molecule has 1 N–H and O–H groups in total. The molecule has 1 aromatic rings. The molecule has 2 rings (SSSR count). The number of aryl methyl sites for hydroxylation is 1. The van der Waals surface area contributed by atoms with Crippen molar-refractivity contribution in [2.75, 3.05) is 11.6 Å². The highest BCUT2D eigenvalue weighted by atomic mass is 32.2. The summed E-state index contributed by atoms with van der Waals surface area (Å²) in [6.45, 7) is 3.35. The van der Waals surface area contributed by atoms with E-state index in [1.54, 1.807) is 0 Å². The van der Waals surface area contributed by atoms with Crippen LogP contribution in [0.1, 0.15) is 45.4 Å². The Morgan fingerprint density at radius 2 is 2.22 bits per heavy atom. The minimum Gasteiger partial charge on any atom is -0.353 e. The number of anilines is 1. The van der Waals surface area contributed by atoms with Crippen molar-refractivity contribution < 1.29 is 0 Å². The minimum absolute atomic E-state index is 0.637. The molecule has 1 aliphatic rings. The van der Waals surface area contributed by atoms with E-state index in [0.717, 1.165) is 17.7 Å². The molecule has 102 valence electrons. The molecule has 0 spiro atoms. The summed E-state index contributed by atoms with van der Waals surface area (Å²) in [6, 6.07) is 0.637. The van der Waals surface area contributed by atoms with E-state index in [4.69, 9.17) is 0 Å². The molecule has 0 radical (unpaired) electrons. The molecule has 0 amide bonds. The Balaban J connectivity index is 1.86. The Morgan fingerprint density at radius 1 is 1.44 bits per heavy atom. The van der Waals surface area contributed by atoms with Gasteiger partial charge in [0.25, 0.3) is 0 Å². The van der Waals surface area contributed by atoms with Gasteiger partial charge < -0.3 is 9.88 Å². The summed E-state index contributed by atoms with van der Waals surface area (Å²) in [6.07, 6.45) is 14.1. The van der Waals surface area contributed by atoms with E-state index < -0.39 is 0 Å². The van der Waals surface area contributed by atoms with E-state index in [2.05, 4.69) is 34.2 Å². The number of imidazole rings is 1. The first-order chi connectivity index (χ1) is 8.79. The first kappa shape index (κ1) is 13.8. The normalized spacial score (nSPS) is 18.8. The van der Waals surface area contributed by atoms with Crippen molar-refractivity contribution in [3.8, 4) is 0 Å². The zero-order valence-corrected chi connectivity index (χ0v) is 12.4. The van der Waals surface area contributed by atoms with E-state index in [-0.39, 0.29) is 0 Å². The first-order valence-corrected chi connectivity index (χ1v) is 8.39. The highest BCUT2D eigenvalue weighted by Gasteiger charge is 2.15. The lowest BCUT2D eigenvalue weighted by molar-refractivity contribution is 0.458. The number of nitrogens with zero attached hydrogens (tertiary/aromatic N) is 2. The number of nitrogens with one attached hydrogen (secondary N) is 1. The molecule has 0 aliphatic heterocycles. The lowest BCUT2D eigenvalue weighted by atomic mass is 9.96. The second-order valence-corrected chi connectivity index (χ2v) is 6.53. The molecule has 0 bridgehead atoms. The number of rotatable bonds is 6. The van der Waals surface area contributed by atoms with Gasteiger partial charge in [-0.05, 0) is 25.5 Å². The average Bonchev–Trinajstić information content (AvgIpc) is 2.84. The number of aromatic nitrogens is 2. The van der Waals surface area contributed by atoms with Crippen molar-refractivity contribution in [2.24, 2.45) is 0 Å². The van der Waals surface area contributed by atoms with Gasteiger partial charge in [-0.25, -0.2) is 4.98 Å². The van der Waals surface area contributed by atoms with Crippen LogP contribution in [0.15, 0.2) is 12.4 Å². The second-order valence-electron chi connectivity index (χ2n) is 5.26. The fourth-order valence-corrected chi connectivity index (χ4v) is 2.84. The zero-order valence-electron chi connectivity index (χ0n) is 11.6. The van der Waals surface area contributed by atoms with Crippen LogP contribution in [0, 0.1) is 0 Å². The smallest absolute Gasteiger partial charge is 0.202 e. The van der Waals surface area contributed by atoms with Crippen LogP contribution in [0.4, 0.5) is 5.95 Å². The zero-order chi connectivity index (χ0) is 12.8. The summed E-state index contributed by atoms with van der Waals surface area (Å²) >= 11 is 1.93. The lowest BCUT2D eigenvalue weighted by Crippen LogP contribution is -2.24. The van der Waals surface area contributed by atoms with Crippen LogP contribution in [-0.4, -0.2) is 27.1 Å². The quantitative estimate of drug-likeness (QED) is 0.851. The van der Waals surface area contributed by atoms with E-state index >= 15 is 0 Å². The Kier molecular flexibility index (Phi) is 5.42. The maximum atomic E-state index is 4.46. The highest BCUT2D eigenvalue weighted by molar-refractivity contribution is 7.99. The summed E-state index contributed by atoms with van der Waals surface area (Å²) in [5.74, 6) is 1.07. The Bertz CT molecular complexity index is 345. The first-order valence-electron chi connectivity index (χ1n) is 7.10. The van der Waals surface area contributed by atoms with Gasteiger partial charge in [0.05, 0.1) is 0 Å². The average molecular weight is 267 g/mol. The summed E-state index contributed by atoms with van der Waals surface area (Å²) in [5, 5.41) is 4.33. The number of thioether (sulfide) groups is 1. The fourth-order valence-electron chi connectivity index (χ4n) is 2.50. The summed E-state index contributed by atoms with van der Waals surface area (Å²) < 4.78 is 2.27. The van der Waals surface area contributed by atoms with Gasteiger partial charge >= 0.3 is 0 Å². The molecule has 3 nitrogen and oxygen atoms in total. The fraction of sp³-hybridized carbons (Fsp3) is 0.786. The molecule has 1 aliphatic carbocycles. The molecular weight excluding hydrogens is 242 g/mol. The maximum Gasteiger partial charge on any atom is 0.202 e. The van der Waals surface area contributed by atoms with Crippen molar-refractivity contribution in [2.45, 2.75) is 63.3 Å². The van der Waals surface area contributed by atoms with Crippen molar-refractivity contribution >= 4 is 17.7 Å². The molecule has 4 heteroatoms. The van der Waals surface area contributed by atoms with Crippen LogP contribution in [0.5, 0.6) is 0 Å². The van der Waals surface area contributed by atoms with Crippen molar-refractivity contribution in [3.05, 3.63) is 12.4 Å². The predicted molar refractivity (Wildman–Crippen MR) is 80.3 cm³/mol. The van der Waals surface area contributed by atoms with Gasteiger partial charge in [-0.1, -0.05) is 26.2 Å². The van der Waals surface area contributed by atoms with Gasteiger partial charge in [0.2, 0.25) is 5.95 Å². The second kappa shape index (κ2) is 7.07. The number of hydrogen-bond acceptors (Lipinski definition) is 3. The SMILES string of the molecule is CSC(C)CCn1ccnc1NC1CCCCC1. The Morgan fingerprint density at radius 3 is 2.94 bits per heavy atom. The third kappa shape index (κ3) is 3.94. The molecule has 0 saturated heterocycles. The molecule has 1 atom stereocenters. The molecule has 1 fully saturated rings. The predicted octanol–water partition coefficient (Wildman–Crippen LogP) is 3.77. The summed E-state index contributed by atoms with van der Waals surface area (Å²) in [4.78, 5) is 4.46. The van der Waals surface area contributed by atoms with Gasteiger partial charge in [0.1, 0.15) is 0 Å². The molecule has 1 heterocycles. The number of hydrogen-bond donors (Lipinski definition) is 1. The lowest BCUT2D eigenvalue weighted by Gasteiger charge is -2.23. The molecule has 1 aromatic heterocycles. The van der Waals surface area contributed by atoms with Crippen LogP contribution in [0.25, 0.3) is 0 Å². The van der Waals surface area contributed by atoms with Crippen molar-refractivity contribution in [1.29, 1.82) is 0 Å². The van der Waals surface area contributed by atoms with Gasteiger partial charge in [0.15, 0.2) is 0 Å². The molecule has 1 unspecified atom stereocenters.